The van der Waals surface area contributed by atoms with Gasteiger partial charge < -0.3 is 15.2 Å². The lowest BCUT2D eigenvalue weighted by Crippen LogP contribution is -2.56. The van der Waals surface area contributed by atoms with Gasteiger partial charge in [0, 0.05) is 12.8 Å². The summed E-state index contributed by atoms with van der Waals surface area (Å²) in [6, 6.07) is 15.1. The Morgan fingerprint density at radius 2 is 1.80 bits per heavy atom. The fraction of sp³-hybridized carbons (Fsp3) is 0.300. The predicted molar refractivity (Wildman–Crippen MR) is 93.7 cm³/mol. The van der Waals surface area contributed by atoms with E-state index in [9.17, 15) is 14.7 Å². The maximum atomic E-state index is 12.3. The van der Waals surface area contributed by atoms with Crippen LogP contribution in [0.1, 0.15) is 23.6 Å². The summed E-state index contributed by atoms with van der Waals surface area (Å²) in [6.07, 6.45) is 1.45. The van der Waals surface area contributed by atoms with Crippen LogP contribution in [0.25, 0.3) is 0 Å². The molecule has 0 atom stereocenters. The molecule has 0 radical (unpaired) electrons. The van der Waals surface area contributed by atoms with Crippen molar-refractivity contribution in [2.45, 2.75) is 31.7 Å². The van der Waals surface area contributed by atoms with Crippen molar-refractivity contribution in [2.75, 3.05) is 6.61 Å². The molecule has 25 heavy (non-hydrogen) atoms. The zero-order valence-corrected chi connectivity index (χ0v) is 14.1. The first-order valence-corrected chi connectivity index (χ1v) is 8.35. The summed E-state index contributed by atoms with van der Waals surface area (Å²) in [5.74, 6) is -0.851. The predicted octanol–water partition coefficient (Wildman–Crippen LogP) is 2.37. The second-order valence-corrected chi connectivity index (χ2v) is 6.35. The van der Waals surface area contributed by atoms with Crippen LogP contribution in [-0.4, -0.2) is 29.1 Å². The molecule has 0 aliphatic heterocycles. The molecule has 5 heteroatoms. The minimum atomic E-state index is -1.30. The highest BCUT2D eigenvalue weighted by atomic mass is 16.5. The largest absolute Gasteiger partial charge is 0.484 e. The number of hydrogen-bond donors (Lipinski definition) is 2. The van der Waals surface area contributed by atoms with E-state index in [0.717, 1.165) is 23.1 Å². The maximum Gasteiger partial charge on any atom is 0.330 e. The van der Waals surface area contributed by atoms with E-state index in [1.807, 2.05) is 49.4 Å². The first-order valence-electron chi connectivity index (χ1n) is 8.35. The number of nitrogens with one attached hydrogen (secondary N) is 1. The standard InChI is InChI=1S/C20H21NO4/c1-2-14-6-5-9-17(10-14)25-13-18(22)21-20(19(23)24)11-15-7-3-4-8-16(15)12-20/h3-10H,2,11-13H2,1H3,(H,21,22)(H,23,24). The van der Waals surface area contributed by atoms with Gasteiger partial charge in [-0.05, 0) is 35.2 Å². The van der Waals surface area contributed by atoms with Crippen molar-refractivity contribution in [3.8, 4) is 5.75 Å². The average molecular weight is 339 g/mol. The number of carboxylic acids is 1. The van der Waals surface area contributed by atoms with Gasteiger partial charge in [-0.15, -0.1) is 0 Å². The van der Waals surface area contributed by atoms with Crippen LogP contribution in [0, 0.1) is 0 Å². The molecule has 2 N–H and O–H groups in total. The summed E-state index contributed by atoms with van der Waals surface area (Å²) >= 11 is 0. The first kappa shape index (κ1) is 17.0. The highest BCUT2D eigenvalue weighted by Crippen LogP contribution is 2.30. The molecule has 1 amide bonds. The number of rotatable bonds is 6. The van der Waals surface area contributed by atoms with Crippen LogP contribution in [-0.2, 0) is 28.9 Å². The van der Waals surface area contributed by atoms with Gasteiger partial charge in [-0.25, -0.2) is 4.79 Å². The quantitative estimate of drug-likeness (QED) is 0.847. The van der Waals surface area contributed by atoms with Crippen LogP contribution in [0.3, 0.4) is 0 Å². The minimum absolute atomic E-state index is 0.210. The normalized spacial score (nSPS) is 14.6. The summed E-state index contributed by atoms with van der Waals surface area (Å²) < 4.78 is 5.52. The van der Waals surface area contributed by atoms with Crippen molar-refractivity contribution in [3.63, 3.8) is 0 Å². The van der Waals surface area contributed by atoms with E-state index in [1.54, 1.807) is 6.07 Å². The molecule has 1 aliphatic rings. The number of ether oxygens (including phenoxy) is 1. The van der Waals surface area contributed by atoms with Crippen molar-refractivity contribution in [2.24, 2.45) is 0 Å². The molecule has 0 spiro atoms. The van der Waals surface area contributed by atoms with E-state index in [2.05, 4.69) is 5.32 Å². The molecule has 2 aromatic carbocycles. The van der Waals surface area contributed by atoms with Gasteiger partial charge in [0.15, 0.2) is 6.61 Å². The van der Waals surface area contributed by atoms with Crippen molar-refractivity contribution in [1.29, 1.82) is 0 Å². The zero-order chi connectivity index (χ0) is 17.9. The van der Waals surface area contributed by atoms with Crippen LogP contribution in [0.2, 0.25) is 0 Å². The Morgan fingerprint density at radius 1 is 1.12 bits per heavy atom. The second kappa shape index (κ2) is 6.97. The molecule has 0 aromatic heterocycles. The third-order valence-electron chi connectivity index (χ3n) is 4.57. The Bertz CT molecular complexity index is 775. The van der Waals surface area contributed by atoms with Crippen LogP contribution < -0.4 is 10.1 Å². The molecule has 2 aromatic rings. The van der Waals surface area contributed by atoms with Crippen molar-refractivity contribution in [3.05, 3.63) is 65.2 Å². The summed E-state index contributed by atoms with van der Waals surface area (Å²) in [5, 5.41) is 12.4. The first-order chi connectivity index (χ1) is 12.0. The van der Waals surface area contributed by atoms with E-state index < -0.39 is 17.4 Å². The van der Waals surface area contributed by atoms with Gasteiger partial charge in [-0.1, -0.05) is 43.3 Å². The van der Waals surface area contributed by atoms with Gasteiger partial charge >= 0.3 is 5.97 Å². The lowest BCUT2D eigenvalue weighted by molar-refractivity contribution is -0.147. The van der Waals surface area contributed by atoms with Gasteiger partial charge in [0.2, 0.25) is 0 Å². The van der Waals surface area contributed by atoms with E-state index in [-0.39, 0.29) is 19.4 Å². The number of carboxylic acid groups (broad SMARTS) is 1. The molecule has 130 valence electrons. The van der Waals surface area contributed by atoms with E-state index in [1.165, 1.54) is 0 Å². The molecule has 0 unspecified atom stereocenters. The minimum Gasteiger partial charge on any atom is -0.484 e. The zero-order valence-electron chi connectivity index (χ0n) is 14.1. The molecule has 0 saturated heterocycles. The van der Waals surface area contributed by atoms with Gasteiger partial charge in [-0.3, -0.25) is 4.79 Å². The SMILES string of the molecule is CCc1cccc(OCC(=O)NC2(C(=O)O)Cc3ccccc3C2)c1. The Kier molecular flexibility index (Phi) is 4.74. The smallest absolute Gasteiger partial charge is 0.330 e. The molecule has 0 fully saturated rings. The molecule has 0 heterocycles. The number of aliphatic carboxylic acids is 1. The molecular weight excluding hydrogens is 318 g/mol. The topological polar surface area (TPSA) is 75.6 Å². The van der Waals surface area contributed by atoms with Crippen molar-refractivity contribution < 1.29 is 19.4 Å². The fourth-order valence-electron chi connectivity index (χ4n) is 3.22. The monoisotopic (exact) mass is 339 g/mol. The van der Waals surface area contributed by atoms with E-state index in [0.29, 0.717) is 5.75 Å². The van der Waals surface area contributed by atoms with Crippen LogP contribution in [0.4, 0.5) is 0 Å². The Balaban J connectivity index is 1.65. The molecule has 3 rings (SSSR count). The molecule has 0 saturated carbocycles. The van der Waals surface area contributed by atoms with Gasteiger partial charge in [-0.2, -0.15) is 0 Å². The number of aryl methyl sites for hydroxylation is 1. The number of fused-ring (bicyclic) bond motifs is 1. The summed E-state index contributed by atoms with van der Waals surface area (Å²) in [4.78, 5) is 24.1. The van der Waals surface area contributed by atoms with Gasteiger partial charge in [0.1, 0.15) is 11.3 Å². The average Bonchev–Trinajstić information content (AvgIpc) is 2.99. The number of amides is 1. The van der Waals surface area contributed by atoms with Gasteiger partial charge in [0.05, 0.1) is 0 Å². The number of carbonyl (C=O) groups is 2. The van der Waals surface area contributed by atoms with Crippen molar-refractivity contribution >= 4 is 11.9 Å². The second-order valence-electron chi connectivity index (χ2n) is 6.35. The Hall–Kier alpha value is -2.82. The van der Waals surface area contributed by atoms with E-state index in [4.69, 9.17) is 4.74 Å². The summed E-state index contributed by atoms with van der Waals surface area (Å²) in [5.41, 5.74) is 1.74. The molecular formula is C20H21NO4. The Labute approximate surface area is 146 Å². The number of hydrogen-bond acceptors (Lipinski definition) is 3. The van der Waals surface area contributed by atoms with Gasteiger partial charge in [0.25, 0.3) is 5.91 Å². The lowest BCUT2D eigenvalue weighted by Gasteiger charge is -2.25. The summed E-state index contributed by atoms with van der Waals surface area (Å²) in [7, 11) is 0. The molecule has 5 nitrogen and oxygen atoms in total. The number of carbonyl (C=O) groups excluding carboxylic acids is 1. The Morgan fingerprint density at radius 3 is 2.40 bits per heavy atom. The van der Waals surface area contributed by atoms with Crippen LogP contribution in [0.5, 0.6) is 5.75 Å². The maximum absolute atomic E-state index is 12.3. The highest BCUT2D eigenvalue weighted by Gasteiger charge is 2.45. The highest BCUT2D eigenvalue weighted by molar-refractivity contribution is 5.89. The lowest BCUT2D eigenvalue weighted by atomic mass is 9.96. The third-order valence-corrected chi connectivity index (χ3v) is 4.57. The van der Waals surface area contributed by atoms with Crippen LogP contribution in [0.15, 0.2) is 48.5 Å². The molecule has 0 bridgehead atoms. The van der Waals surface area contributed by atoms with E-state index >= 15 is 0 Å². The van der Waals surface area contributed by atoms with Crippen LogP contribution >= 0.6 is 0 Å². The summed E-state index contributed by atoms with van der Waals surface area (Å²) in [6.45, 7) is 1.83. The van der Waals surface area contributed by atoms with Crippen molar-refractivity contribution in [1.82, 2.24) is 5.32 Å². The third kappa shape index (κ3) is 3.65. The number of benzene rings is 2. The molecule has 1 aliphatic carbocycles. The fourth-order valence-corrected chi connectivity index (χ4v) is 3.22.